The Balaban J connectivity index is 0.000000166. The summed E-state index contributed by atoms with van der Waals surface area (Å²) in [6, 6.07) is 0. The molecule has 818 valence electrons. The van der Waals surface area contributed by atoms with Gasteiger partial charge in [0.15, 0.2) is 0 Å². The van der Waals surface area contributed by atoms with Crippen molar-refractivity contribution < 1.29 is 0 Å². The highest BCUT2D eigenvalue weighted by Crippen LogP contribution is 2.62. The van der Waals surface area contributed by atoms with E-state index in [0.29, 0.717) is 0 Å². The van der Waals surface area contributed by atoms with Crippen molar-refractivity contribution in [3.8, 4) is 0 Å². The molecule has 0 aliphatic heterocycles. The molecular weight excluding hydrogens is 1670 g/mol. The van der Waals surface area contributed by atoms with Gasteiger partial charge in [-0.25, -0.2) is 0 Å². The molecule has 0 N–H and O–H groups in total. The molecule has 139 heavy (non-hydrogen) atoms. The Hall–Kier alpha value is 0. The minimum atomic E-state index is 0.779. The molecule has 0 aromatic rings. The van der Waals surface area contributed by atoms with Gasteiger partial charge in [-0.15, -0.1) is 0 Å². The van der Waals surface area contributed by atoms with Gasteiger partial charge in [0, 0.05) is 0 Å². The molecule has 0 atom stereocenters. The summed E-state index contributed by atoms with van der Waals surface area (Å²) >= 11 is 0. The Bertz CT molecular complexity index is 2480. The molecule has 0 spiro atoms. The average Bonchev–Trinajstić information content (AvgIpc) is 1.47. The van der Waals surface area contributed by atoms with E-state index in [1.54, 1.807) is 424 Å². The Morgan fingerprint density at radius 2 is 0.245 bits per heavy atom. The monoisotopic (exact) mass is 1930 g/mol. The fourth-order valence-electron chi connectivity index (χ4n) is 40.3. The Morgan fingerprint density at radius 3 is 0.403 bits per heavy atom. The molecule has 0 heteroatoms. The lowest BCUT2D eigenvalue weighted by molar-refractivity contribution is -0.0411. The SMILES string of the molecule is C1C2CC3CC1CC(C2)C3.C1C2CC3CC1CC(C2)C3.C1CC2CC(C1)C2.C1CC2CC3CC1CC(C2)C3.C1CC2CCC1C2.C1CC2CCC1C2.C1CC2CCC1CC2.C1CC2CCCC(C1)C2.C1CC2CCCC(C1)C2.C1CC2CCCC(C1)C2.CC.CC.CC.CC.CC.CC.CC.CC.CC.CC.CC12CC3CC(CC(C3)C1)C2.CC12CCCC(CCC1)C2.CC1C2CC3CC(C2)CC1C3. The molecule has 0 unspecified atom stereocenters. The van der Waals surface area contributed by atoms with Crippen LogP contribution in [-0.2, 0) is 0 Å². The molecule has 38 aliphatic rings. The highest BCUT2D eigenvalue weighted by atomic mass is 14.6. The Kier molecular flexibility index (Phi) is 59.4. The number of fused-ring (bicyclic) bond motifs is 18. The minimum absolute atomic E-state index is 0.779. The van der Waals surface area contributed by atoms with Crippen LogP contribution < -0.4 is 0 Å². The van der Waals surface area contributed by atoms with Crippen LogP contribution in [0.2, 0.25) is 0 Å². The molecule has 0 aromatic carbocycles. The predicted molar refractivity (Wildman–Crippen MR) is 622 cm³/mol. The lowest BCUT2D eigenvalue weighted by Crippen LogP contribution is -2.44. The predicted octanol–water partition coefficient (Wildman–Crippen LogP) is 46.9. The van der Waals surface area contributed by atoms with E-state index in [1.165, 1.54) is 178 Å². The molecule has 0 radical (unpaired) electrons. The number of rotatable bonds is 0. The maximum absolute atomic E-state index is 2.54. The summed E-state index contributed by atoms with van der Waals surface area (Å²) < 4.78 is 0. The number of hydrogen-bond acceptors (Lipinski definition) is 0. The van der Waals surface area contributed by atoms with Gasteiger partial charge in [-0.3, -0.25) is 0 Å². The van der Waals surface area contributed by atoms with Crippen LogP contribution in [0.3, 0.4) is 0 Å². The second kappa shape index (κ2) is 67.4. The zero-order chi connectivity index (χ0) is 100. The van der Waals surface area contributed by atoms with Crippen molar-refractivity contribution >= 4 is 0 Å². The minimum Gasteiger partial charge on any atom is -0.0683 e. The highest BCUT2D eigenvalue weighted by molar-refractivity contribution is 5.02. The smallest absolute Gasteiger partial charge is 0.0318 e. The van der Waals surface area contributed by atoms with Gasteiger partial charge >= 0.3 is 0 Å². The maximum Gasteiger partial charge on any atom is -0.0318 e. The first-order valence-electron chi connectivity index (χ1n) is 68.2. The first kappa shape index (κ1) is 123. The quantitative estimate of drug-likeness (QED) is 0.227. The van der Waals surface area contributed by atoms with Crippen molar-refractivity contribution in [1.82, 2.24) is 0 Å². The van der Waals surface area contributed by atoms with E-state index in [2.05, 4.69) is 20.8 Å². The summed E-state index contributed by atoms with van der Waals surface area (Å²) in [6.07, 6.45) is 124. The third-order valence-electron chi connectivity index (χ3n) is 45.0. The van der Waals surface area contributed by atoms with Crippen molar-refractivity contribution in [1.29, 1.82) is 0 Å². The highest BCUT2D eigenvalue weighted by Gasteiger charge is 2.51. The third kappa shape index (κ3) is 40.2. The van der Waals surface area contributed by atoms with E-state index in [0.717, 1.165) is 123 Å². The second-order valence-electron chi connectivity index (χ2n) is 55.0. The summed E-state index contributed by atoms with van der Waals surface area (Å²) in [6.45, 7) is 47.5. The van der Waals surface area contributed by atoms with Crippen LogP contribution in [0.5, 0.6) is 0 Å². The van der Waals surface area contributed by atoms with Crippen molar-refractivity contribution in [2.75, 3.05) is 0 Å². The summed E-state index contributed by atoms with van der Waals surface area (Å²) in [5.74, 6) is 40.6. The summed E-state index contributed by atoms with van der Waals surface area (Å²) in [5, 5.41) is 0. The van der Waals surface area contributed by atoms with Gasteiger partial charge in [0.25, 0.3) is 0 Å². The van der Waals surface area contributed by atoms with E-state index in [9.17, 15) is 0 Å². The van der Waals surface area contributed by atoms with Crippen LogP contribution in [0, 0.1) is 218 Å². The summed E-state index contributed by atoms with van der Waals surface area (Å²) in [5.41, 5.74) is 1.58. The molecule has 38 aliphatic carbocycles. The van der Waals surface area contributed by atoms with Crippen molar-refractivity contribution in [3.05, 3.63) is 0 Å². The molecule has 38 saturated carbocycles. The molecule has 38 rings (SSSR count). The van der Waals surface area contributed by atoms with Crippen LogP contribution >= 0.6 is 0 Å². The van der Waals surface area contributed by atoms with E-state index < -0.39 is 0 Å². The van der Waals surface area contributed by atoms with E-state index in [1.807, 2.05) is 138 Å². The normalized spacial score (nSPS) is 44.1. The van der Waals surface area contributed by atoms with Crippen LogP contribution in [0.1, 0.15) is 666 Å². The first-order chi connectivity index (χ1) is 68.2. The van der Waals surface area contributed by atoms with Gasteiger partial charge in [0.05, 0.1) is 0 Å². The molecule has 0 amide bonds. The summed E-state index contributed by atoms with van der Waals surface area (Å²) in [7, 11) is 0. The van der Waals surface area contributed by atoms with E-state index in [-0.39, 0.29) is 0 Å². The zero-order valence-corrected chi connectivity index (χ0v) is 100. The van der Waals surface area contributed by atoms with Gasteiger partial charge in [-0.05, 0) is 462 Å². The fourth-order valence-corrected chi connectivity index (χ4v) is 40.3. The van der Waals surface area contributed by atoms with Crippen molar-refractivity contribution in [2.45, 2.75) is 666 Å². The Labute approximate surface area is 878 Å². The Morgan fingerprint density at radius 1 is 0.115 bits per heavy atom. The first-order valence-corrected chi connectivity index (χ1v) is 68.2. The standard InChI is InChI=1S/3C11H18.2C10H16.C10H18.3C9H16.C8H14.3C7H12.10C2H6/c1-11-5-8-2-9(6-11)4-10(3-8)7-11;1-7-10-3-8-2-9(5-10)6-11(7)4-8;1-2-9-5-10-3-8(1)4-11(6-9)7-10;2*1-7-2-9-4-8(1)5-10(3-7)6-9;1-10-6-2-4-9(8-10)5-3-7-10;3*1-3-8-5-2-6-9(4-1)7-8;1-2-8-5-3-7(1)4-6-8;2*1-2-7-4-3-6(1)5-7;1-2-6-4-7(3-1)5-6;10*1-2/h8-10H,2-7H2,1H3;7-11H,2-6H2,1H3;8-11H,1-7H2;2*7-10H,1-6H2;9H,2-8H2,1H3;3*8-9H,1-7H2;7-8H,1-6H2;3*6-7H,1-5H2;10*1-2H3. The molecule has 36 bridgehead atoms. The number of hydrogen-bond donors (Lipinski definition) is 0. The molecule has 0 saturated heterocycles. The van der Waals surface area contributed by atoms with E-state index >= 15 is 0 Å². The topological polar surface area (TPSA) is 0 Å². The third-order valence-corrected chi connectivity index (χ3v) is 45.0. The van der Waals surface area contributed by atoms with Gasteiger partial charge in [0.1, 0.15) is 0 Å². The van der Waals surface area contributed by atoms with E-state index in [4.69, 9.17) is 0 Å². The summed E-state index contributed by atoms with van der Waals surface area (Å²) in [4.78, 5) is 0. The largest absolute Gasteiger partial charge is 0.0683 e. The fraction of sp³-hybridized carbons (Fsp3) is 1.00. The maximum atomic E-state index is 2.54. The van der Waals surface area contributed by atoms with Gasteiger partial charge < -0.3 is 0 Å². The molecule has 38 fully saturated rings. The molecule has 0 nitrogen and oxygen atoms in total. The molecular formula is C139H262. The van der Waals surface area contributed by atoms with Crippen LogP contribution in [0.25, 0.3) is 0 Å². The lowest BCUT2D eigenvalue weighted by atomic mass is 9.50. The van der Waals surface area contributed by atoms with Gasteiger partial charge in [-0.2, -0.15) is 0 Å². The zero-order valence-electron chi connectivity index (χ0n) is 100. The van der Waals surface area contributed by atoms with Crippen molar-refractivity contribution in [2.24, 2.45) is 218 Å². The van der Waals surface area contributed by atoms with Crippen LogP contribution in [-0.4, -0.2) is 0 Å². The van der Waals surface area contributed by atoms with Gasteiger partial charge in [-0.1, -0.05) is 422 Å². The molecule has 0 heterocycles. The van der Waals surface area contributed by atoms with Crippen LogP contribution in [0.15, 0.2) is 0 Å². The van der Waals surface area contributed by atoms with Gasteiger partial charge in [0.2, 0.25) is 0 Å². The van der Waals surface area contributed by atoms with Crippen molar-refractivity contribution in [3.63, 3.8) is 0 Å². The molecule has 0 aromatic heterocycles. The average molecular weight is 1930 g/mol. The van der Waals surface area contributed by atoms with Crippen LogP contribution in [0.4, 0.5) is 0 Å². The lowest BCUT2D eigenvalue weighted by Gasteiger charge is -2.55. The second-order valence-corrected chi connectivity index (χ2v) is 55.0.